The van der Waals surface area contributed by atoms with E-state index in [1.165, 1.54) is 29.0 Å². The first kappa shape index (κ1) is 13.0. The molecule has 0 aliphatic rings. The quantitative estimate of drug-likeness (QED) is 0.681. The third-order valence-electron chi connectivity index (χ3n) is 2.61. The molecule has 3 aromatic rings. The number of alkyl halides is 3. The fourth-order valence-electron chi connectivity index (χ4n) is 1.76. The predicted octanol–water partition coefficient (Wildman–Crippen LogP) is 2.97. The van der Waals surface area contributed by atoms with Crippen molar-refractivity contribution in [3.8, 4) is 11.3 Å². The molecule has 0 saturated carbocycles. The fraction of sp³-hybridized carbons (Fsp3) is 0.0909. The Morgan fingerprint density at radius 1 is 1.20 bits per heavy atom. The molecule has 3 heterocycles. The molecule has 0 fully saturated rings. The van der Waals surface area contributed by atoms with Gasteiger partial charge in [-0.15, -0.1) is 10.2 Å². The van der Waals surface area contributed by atoms with E-state index in [0.717, 1.165) is 6.07 Å². The molecule has 20 heavy (non-hydrogen) atoms. The van der Waals surface area contributed by atoms with Gasteiger partial charge in [0.15, 0.2) is 5.65 Å². The minimum atomic E-state index is -4.48. The first-order chi connectivity index (χ1) is 9.47. The molecule has 102 valence electrons. The van der Waals surface area contributed by atoms with E-state index < -0.39 is 11.7 Å². The summed E-state index contributed by atoms with van der Waals surface area (Å²) in [5.41, 5.74) is -0.447. The lowest BCUT2D eigenvalue weighted by Crippen LogP contribution is -2.08. The van der Waals surface area contributed by atoms with Gasteiger partial charge in [0.1, 0.15) is 0 Å². The van der Waals surface area contributed by atoms with Gasteiger partial charge in [0.05, 0.1) is 17.5 Å². The number of hydrogen-bond acceptors (Lipinski definition) is 4. The molecule has 5 nitrogen and oxygen atoms in total. The number of rotatable bonds is 1. The number of hydrogen-bond donors (Lipinski definition) is 0. The lowest BCUT2D eigenvalue weighted by atomic mass is 10.1. The molecule has 0 atom stereocenters. The fourth-order valence-corrected chi connectivity index (χ4v) is 2.11. The molecule has 3 rings (SSSR count). The van der Waals surface area contributed by atoms with Gasteiger partial charge >= 0.3 is 6.18 Å². The second-order valence-electron chi connectivity index (χ2n) is 3.88. The molecular formula is C11H5BrF3N5. The van der Waals surface area contributed by atoms with Gasteiger partial charge in [0.25, 0.3) is 0 Å². The largest absolute Gasteiger partial charge is 0.418 e. The number of nitrogens with zero attached hydrogens (tertiary/aromatic N) is 5. The summed E-state index contributed by atoms with van der Waals surface area (Å²) < 4.78 is 40.6. The van der Waals surface area contributed by atoms with Crippen LogP contribution in [0.5, 0.6) is 0 Å². The summed E-state index contributed by atoms with van der Waals surface area (Å²) in [5.74, 6) is 0. The van der Waals surface area contributed by atoms with E-state index in [-0.39, 0.29) is 11.3 Å². The van der Waals surface area contributed by atoms with Gasteiger partial charge in [-0.25, -0.2) is 0 Å². The first-order valence-electron chi connectivity index (χ1n) is 5.36. The van der Waals surface area contributed by atoms with Gasteiger partial charge in [0.2, 0.25) is 4.73 Å². The van der Waals surface area contributed by atoms with E-state index in [2.05, 4.69) is 36.2 Å². The Morgan fingerprint density at radius 3 is 2.75 bits per heavy atom. The van der Waals surface area contributed by atoms with Crippen LogP contribution in [0.25, 0.3) is 16.9 Å². The van der Waals surface area contributed by atoms with E-state index in [9.17, 15) is 13.2 Å². The molecule has 0 N–H and O–H groups in total. The summed E-state index contributed by atoms with van der Waals surface area (Å²) in [6.45, 7) is 0. The predicted molar refractivity (Wildman–Crippen MR) is 66.7 cm³/mol. The van der Waals surface area contributed by atoms with Crippen molar-refractivity contribution < 1.29 is 13.2 Å². The molecule has 0 spiro atoms. The van der Waals surface area contributed by atoms with Crippen LogP contribution in [0.3, 0.4) is 0 Å². The van der Waals surface area contributed by atoms with Gasteiger partial charge < -0.3 is 0 Å². The second-order valence-corrected chi connectivity index (χ2v) is 4.59. The maximum atomic E-state index is 13.0. The summed E-state index contributed by atoms with van der Waals surface area (Å²) in [5, 5.41) is 11.5. The van der Waals surface area contributed by atoms with E-state index in [1.807, 2.05) is 0 Å². The Balaban J connectivity index is 2.21. The van der Waals surface area contributed by atoms with Crippen molar-refractivity contribution in [2.75, 3.05) is 0 Å². The van der Waals surface area contributed by atoms with E-state index in [1.54, 1.807) is 0 Å². The molecule has 9 heteroatoms. The topological polar surface area (TPSA) is 56.0 Å². The van der Waals surface area contributed by atoms with Gasteiger partial charge in [-0.2, -0.15) is 22.8 Å². The Morgan fingerprint density at radius 2 is 2.00 bits per heavy atom. The van der Waals surface area contributed by atoms with Crippen molar-refractivity contribution >= 4 is 21.6 Å². The van der Waals surface area contributed by atoms with Crippen molar-refractivity contribution in [2.24, 2.45) is 0 Å². The van der Waals surface area contributed by atoms with Crippen molar-refractivity contribution in [3.63, 3.8) is 0 Å². The molecule has 0 bridgehead atoms. The van der Waals surface area contributed by atoms with Crippen LogP contribution >= 0.6 is 15.9 Å². The zero-order valence-corrected chi connectivity index (χ0v) is 11.2. The molecule has 0 saturated heterocycles. The molecule has 0 aliphatic carbocycles. The normalized spacial score (nSPS) is 12.0. The van der Waals surface area contributed by atoms with Crippen LogP contribution in [-0.4, -0.2) is 24.8 Å². The summed E-state index contributed by atoms with van der Waals surface area (Å²) in [7, 11) is 0. The summed E-state index contributed by atoms with van der Waals surface area (Å²) >= 11 is 3.13. The highest BCUT2D eigenvalue weighted by Crippen LogP contribution is 2.35. The van der Waals surface area contributed by atoms with Crippen molar-refractivity contribution in [3.05, 3.63) is 40.9 Å². The van der Waals surface area contributed by atoms with E-state index in [4.69, 9.17) is 0 Å². The molecule has 0 amide bonds. The lowest BCUT2D eigenvalue weighted by Gasteiger charge is -2.11. The van der Waals surface area contributed by atoms with Crippen LogP contribution in [0, 0.1) is 0 Å². The minimum Gasteiger partial charge on any atom is -0.256 e. The van der Waals surface area contributed by atoms with Crippen molar-refractivity contribution in [2.45, 2.75) is 6.18 Å². The number of halogens is 4. The van der Waals surface area contributed by atoms with Crippen molar-refractivity contribution in [1.29, 1.82) is 0 Å². The third-order valence-corrected chi connectivity index (χ3v) is 3.10. The molecule has 0 radical (unpaired) electrons. The Bertz CT molecular complexity index is 783. The van der Waals surface area contributed by atoms with Crippen LogP contribution in [0.4, 0.5) is 13.2 Å². The molecule has 0 aliphatic heterocycles. The number of aromatic nitrogens is 5. The lowest BCUT2D eigenvalue weighted by molar-refractivity contribution is -0.137. The zero-order chi connectivity index (χ0) is 14.3. The Hall–Kier alpha value is -2.03. The smallest absolute Gasteiger partial charge is 0.256 e. The second kappa shape index (κ2) is 4.51. The number of fused-ring (bicyclic) bond motifs is 1. The average molecular weight is 344 g/mol. The summed E-state index contributed by atoms with van der Waals surface area (Å²) in [6, 6.07) is 3.67. The van der Waals surface area contributed by atoms with Crippen LogP contribution < -0.4 is 0 Å². The highest BCUT2D eigenvalue weighted by atomic mass is 79.9. The highest BCUT2D eigenvalue weighted by molar-refractivity contribution is 9.10. The molecule has 0 unspecified atom stereocenters. The van der Waals surface area contributed by atoms with Crippen LogP contribution in [0.1, 0.15) is 5.56 Å². The van der Waals surface area contributed by atoms with Gasteiger partial charge in [0, 0.05) is 11.8 Å². The third kappa shape index (κ3) is 2.13. The van der Waals surface area contributed by atoms with Crippen LogP contribution in [0.15, 0.2) is 35.3 Å². The van der Waals surface area contributed by atoms with Crippen LogP contribution in [-0.2, 0) is 6.18 Å². The first-order valence-corrected chi connectivity index (χ1v) is 6.15. The maximum absolute atomic E-state index is 13.0. The molecular weight excluding hydrogens is 339 g/mol. The van der Waals surface area contributed by atoms with Crippen molar-refractivity contribution in [1.82, 2.24) is 24.8 Å². The Kier molecular flexibility index (Phi) is 2.93. The van der Waals surface area contributed by atoms with E-state index in [0.29, 0.717) is 10.4 Å². The maximum Gasteiger partial charge on any atom is 0.418 e. The number of pyridine rings is 1. The monoisotopic (exact) mass is 343 g/mol. The van der Waals surface area contributed by atoms with Gasteiger partial charge in [-0.3, -0.25) is 4.98 Å². The molecule has 0 aromatic carbocycles. The SMILES string of the molecule is FC(F)(F)c1cccnc1-c1cnn2c(Br)nnc2c1. The summed E-state index contributed by atoms with van der Waals surface area (Å²) in [4.78, 5) is 3.80. The molecule has 3 aromatic heterocycles. The Labute approximate surface area is 118 Å². The average Bonchev–Trinajstić information content (AvgIpc) is 2.79. The van der Waals surface area contributed by atoms with Gasteiger partial charge in [-0.1, -0.05) is 0 Å². The zero-order valence-electron chi connectivity index (χ0n) is 9.63. The minimum absolute atomic E-state index is 0.186. The van der Waals surface area contributed by atoms with Crippen LogP contribution in [0.2, 0.25) is 0 Å². The van der Waals surface area contributed by atoms with Gasteiger partial charge in [-0.05, 0) is 34.1 Å². The highest BCUT2D eigenvalue weighted by Gasteiger charge is 2.34. The summed E-state index contributed by atoms with van der Waals surface area (Å²) in [6.07, 6.45) is -1.89. The van der Waals surface area contributed by atoms with E-state index >= 15 is 0 Å². The standard InChI is InChI=1S/C11H5BrF3N5/c12-10-19-18-8-4-6(5-17-20(8)10)9-7(11(13,14)15)2-1-3-16-9/h1-5H.